The number of aromatic nitrogens is 1. The molecule has 0 aliphatic heterocycles. The van der Waals surface area contributed by atoms with Crippen molar-refractivity contribution in [2.75, 3.05) is 19.0 Å². The third-order valence-corrected chi connectivity index (χ3v) is 4.16. The fraction of sp³-hybridized carbons (Fsp3) is 0.211. The summed E-state index contributed by atoms with van der Waals surface area (Å²) in [6.45, 7) is 1.95. The fourth-order valence-corrected chi connectivity index (χ4v) is 2.89. The average Bonchev–Trinajstić information content (AvgIpc) is 3.10. The number of nitro benzene ring substituents is 1. The second kappa shape index (κ2) is 7.77. The first-order valence-corrected chi connectivity index (χ1v) is 8.36. The van der Waals surface area contributed by atoms with Crippen molar-refractivity contribution >= 4 is 28.2 Å². The van der Waals surface area contributed by atoms with Crippen LogP contribution in [0.4, 0.5) is 11.4 Å². The van der Waals surface area contributed by atoms with Gasteiger partial charge in [0.25, 0.3) is 5.69 Å². The minimum Gasteiger partial charge on any atom is -0.497 e. The molecule has 0 saturated carbocycles. The summed E-state index contributed by atoms with van der Waals surface area (Å²) >= 11 is 0. The molecule has 8 nitrogen and oxygen atoms in total. The number of benzene rings is 2. The SMILES string of the molecule is CCOC(=O)C(Nc1ccc(OC)cc1)c1c[nH]c2c([N+](=O)[O-])cccc12. The van der Waals surface area contributed by atoms with Crippen LogP contribution in [0, 0.1) is 10.1 Å². The van der Waals surface area contributed by atoms with Crippen LogP contribution in [0.2, 0.25) is 0 Å². The van der Waals surface area contributed by atoms with Crippen molar-refractivity contribution in [3.05, 3.63) is 64.3 Å². The molecule has 0 saturated heterocycles. The minimum absolute atomic E-state index is 0.0502. The Bertz CT molecular complexity index is 965. The van der Waals surface area contributed by atoms with Gasteiger partial charge in [0, 0.05) is 28.9 Å². The maximum Gasteiger partial charge on any atom is 0.333 e. The van der Waals surface area contributed by atoms with Crippen LogP contribution in [0.5, 0.6) is 5.75 Å². The number of non-ortho nitro benzene ring substituents is 1. The molecule has 27 heavy (non-hydrogen) atoms. The van der Waals surface area contributed by atoms with Crippen molar-refractivity contribution in [3.63, 3.8) is 0 Å². The number of esters is 1. The molecule has 3 aromatic rings. The van der Waals surface area contributed by atoms with Crippen LogP contribution in [0.25, 0.3) is 10.9 Å². The van der Waals surface area contributed by atoms with E-state index in [4.69, 9.17) is 9.47 Å². The van der Waals surface area contributed by atoms with Gasteiger partial charge in [-0.2, -0.15) is 0 Å². The number of rotatable bonds is 7. The lowest BCUT2D eigenvalue weighted by Crippen LogP contribution is -2.23. The molecule has 1 unspecified atom stereocenters. The fourth-order valence-electron chi connectivity index (χ4n) is 2.89. The highest BCUT2D eigenvalue weighted by atomic mass is 16.6. The molecule has 1 atom stereocenters. The highest BCUT2D eigenvalue weighted by Gasteiger charge is 2.27. The molecule has 0 fully saturated rings. The number of hydrogen-bond acceptors (Lipinski definition) is 6. The number of fused-ring (bicyclic) bond motifs is 1. The van der Waals surface area contributed by atoms with E-state index in [1.807, 2.05) is 0 Å². The van der Waals surface area contributed by atoms with Crippen molar-refractivity contribution in [1.29, 1.82) is 0 Å². The van der Waals surface area contributed by atoms with Crippen molar-refractivity contribution in [2.45, 2.75) is 13.0 Å². The average molecular weight is 369 g/mol. The lowest BCUT2D eigenvalue weighted by atomic mass is 10.0. The van der Waals surface area contributed by atoms with Gasteiger partial charge in [0.15, 0.2) is 6.04 Å². The van der Waals surface area contributed by atoms with E-state index in [1.54, 1.807) is 56.6 Å². The standard InChI is InChI=1S/C19H19N3O5/c1-3-27-19(23)18(21-12-7-9-13(26-2)10-8-12)15-11-20-17-14(15)5-4-6-16(17)22(24)25/h4-11,18,20-21H,3H2,1-2H3. The molecule has 0 bridgehead atoms. The molecule has 2 N–H and O–H groups in total. The number of carbonyl (C=O) groups excluding carboxylic acids is 1. The number of anilines is 1. The predicted octanol–water partition coefficient (Wildman–Crippen LogP) is 3.80. The normalized spacial score (nSPS) is 11.8. The van der Waals surface area contributed by atoms with Gasteiger partial charge in [-0.05, 0) is 31.2 Å². The number of H-pyrrole nitrogens is 1. The first-order chi connectivity index (χ1) is 13.0. The first kappa shape index (κ1) is 18.2. The lowest BCUT2D eigenvalue weighted by molar-refractivity contribution is -0.383. The van der Waals surface area contributed by atoms with Crippen LogP contribution >= 0.6 is 0 Å². The molecule has 140 valence electrons. The smallest absolute Gasteiger partial charge is 0.333 e. The number of para-hydroxylation sites is 1. The van der Waals surface area contributed by atoms with E-state index >= 15 is 0 Å². The van der Waals surface area contributed by atoms with Crippen LogP contribution < -0.4 is 10.1 Å². The molecule has 0 amide bonds. The Labute approximate surface area is 155 Å². The highest BCUT2D eigenvalue weighted by molar-refractivity contribution is 5.95. The maximum atomic E-state index is 12.6. The number of nitrogens with one attached hydrogen (secondary N) is 2. The summed E-state index contributed by atoms with van der Waals surface area (Å²) < 4.78 is 10.3. The van der Waals surface area contributed by atoms with Gasteiger partial charge in [-0.1, -0.05) is 12.1 Å². The molecule has 0 aliphatic carbocycles. The number of carbonyl (C=O) groups is 1. The summed E-state index contributed by atoms with van der Waals surface area (Å²) in [7, 11) is 1.57. The van der Waals surface area contributed by atoms with Gasteiger partial charge in [-0.25, -0.2) is 4.79 Å². The Morgan fingerprint density at radius 1 is 1.26 bits per heavy atom. The topological polar surface area (TPSA) is 106 Å². The van der Waals surface area contributed by atoms with Crippen LogP contribution in [0.1, 0.15) is 18.5 Å². The summed E-state index contributed by atoms with van der Waals surface area (Å²) in [5.41, 5.74) is 1.57. The Morgan fingerprint density at radius 3 is 2.63 bits per heavy atom. The second-order valence-corrected chi connectivity index (χ2v) is 5.76. The van der Waals surface area contributed by atoms with Gasteiger partial charge in [0.2, 0.25) is 0 Å². The van der Waals surface area contributed by atoms with E-state index in [2.05, 4.69) is 10.3 Å². The van der Waals surface area contributed by atoms with Gasteiger partial charge < -0.3 is 19.8 Å². The Hall–Kier alpha value is -3.55. The maximum absolute atomic E-state index is 12.6. The number of nitrogens with zero attached hydrogens (tertiary/aromatic N) is 1. The van der Waals surface area contributed by atoms with Crippen molar-refractivity contribution in [3.8, 4) is 5.75 Å². The van der Waals surface area contributed by atoms with Crippen LogP contribution in [0.15, 0.2) is 48.7 Å². The third-order valence-electron chi connectivity index (χ3n) is 4.16. The second-order valence-electron chi connectivity index (χ2n) is 5.76. The minimum atomic E-state index is -0.825. The van der Waals surface area contributed by atoms with Crippen LogP contribution in [-0.2, 0) is 9.53 Å². The molecule has 0 aliphatic rings. The monoisotopic (exact) mass is 369 g/mol. The summed E-state index contributed by atoms with van der Waals surface area (Å²) in [6, 6.07) is 11.0. The summed E-state index contributed by atoms with van der Waals surface area (Å²) in [5, 5.41) is 15.0. The summed E-state index contributed by atoms with van der Waals surface area (Å²) in [6.07, 6.45) is 1.59. The van der Waals surface area contributed by atoms with Gasteiger partial charge >= 0.3 is 5.97 Å². The molecule has 2 aromatic carbocycles. The van der Waals surface area contributed by atoms with Gasteiger partial charge in [0.1, 0.15) is 11.3 Å². The molecule has 0 radical (unpaired) electrons. The molecule has 3 rings (SSSR count). The Morgan fingerprint density at radius 2 is 2.00 bits per heavy atom. The zero-order valence-corrected chi connectivity index (χ0v) is 14.9. The zero-order valence-electron chi connectivity index (χ0n) is 14.9. The van der Waals surface area contributed by atoms with Crippen LogP contribution in [0.3, 0.4) is 0 Å². The van der Waals surface area contributed by atoms with Crippen molar-refractivity contribution < 1.29 is 19.2 Å². The molecule has 0 spiro atoms. The highest BCUT2D eigenvalue weighted by Crippen LogP contribution is 2.32. The largest absolute Gasteiger partial charge is 0.497 e. The van der Waals surface area contributed by atoms with Crippen molar-refractivity contribution in [1.82, 2.24) is 4.98 Å². The van der Waals surface area contributed by atoms with Gasteiger partial charge in [-0.15, -0.1) is 0 Å². The van der Waals surface area contributed by atoms with Gasteiger partial charge in [-0.3, -0.25) is 10.1 Å². The molecular weight excluding hydrogens is 350 g/mol. The number of aromatic amines is 1. The Balaban J connectivity index is 2.02. The number of hydrogen-bond donors (Lipinski definition) is 2. The van der Waals surface area contributed by atoms with E-state index in [-0.39, 0.29) is 12.3 Å². The van der Waals surface area contributed by atoms with Crippen LogP contribution in [-0.4, -0.2) is 29.6 Å². The molecule has 8 heteroatoms. The van der Waals surface area contributed by atoms with Crippen molar-refractivity contribution in [2.24, 2.45) is 0 Å². The molecule has 1 aromatic heterocycles. The quantitative estimate of drug-likeness (QED) is 0.373. The van der Waals surface area contributed by atoms with E-state index in [1.165, 1.54) is 6.07 Å². The van der Waals surface area contributed by atoms with Gasteiger partial charge in [0.05, 0.1) is 18.6 Å². The number of methoxy groups -OCH3 is 1. The number of nitro groups is 1. The first-order valence-electron chi connectivity index (χ1n) is 8.36. The van der Waals surface area contributed by atoms with E-state index < -0.39 is 16.9 Å². The molecule has 1 heterocycles. The lowest BCUT2D eigenvalue weighted by Gasteiger charge is -2.18. The Kier molecular flexibility index (Phi) is 5.25. The zero-order chi connectivity index (χ0) is 19.4. The molecular formula is C19H19N3O5. The van der Waals surface area contributed by atoms with E-state index in [9.17, 15) is 14.9 Å². The van der Waals surface area contributed by atoms with E-state index in [0.29, 0.717) is 27.9 Å². The predicted molar refractivity (Wildman–Crippen MR) is 101 cm³/mol. The third kappa shape index (κ3) is 3.69. The summed E-state index contributed by atoms with van der Waals surface area (Å²) in [4.78, 5) is 26.3. The summed E-state index contributed by atoms with van der Waals surface area (Å²) in [5.74, 6) is 0.219. The van der Waals surface area contributed by atoms with E-state index in [0.717, 1.165) is 0 Å². The number of ether oxygens (including phenoxy) is 2.